The minimum absolute atomic E-state index is 0.516. The van der Waals surface area contributed by atoms with Crippen molar-refractivity contribution >= 4 is 17.2 Å². The number of rotatable bonds is 12. The van der Waals surface area contributed by atoms with Crippen LogP contribution in [0.1, 0.15) is 24.8 Å². The SMILES string of the molecule is COc1ccc(Nc2cc(CNC3CCOCC3)ccn2)cc1OCCCNc1ccccc1. The Morgan fingerprint density at radius 3 is 2.65 bits per heavy atom. The molecule has 7 heteroatoms. The average molecular weight is 463 g/mol. The summed E-state index contributed by atoms with van der Waals surface area (Å²) < 4.78 is 16.9. The number of nitrogens with zero attached hydrogens (tertiary/aromatic N) is 1. The molecule has 1 aliphatic heterocycles. The van der Waals surface area contributed by atoms with Crippen LogP contribution in [-0.4, -0.2) is 44.5 Å². The lowest BCUT2D eigenvalue weighted by Gasteiger charge is -2.23. The highest BCUT2D eigenvalue weighted by Gasteiger charge is 2.13. The lowest BCUT2D eigenvalue weighted by Crippen LogP contribution is -2.34. The maximum Gasteiger partial charge on any atom is 0.163 e. The molecular weight excluding hydrogens is 428 g/mol. The molecule has 4 rings (SSSR count). The highest BCUT2D eigenvalue weighted by Crippen LogP contribution is 2.31. The smallest absolute Gasteiger partial charge is 0.163 e. The number of methoxy groups -OCH3 is 1. The van der Waals surface area contributed by atoms with Crippen LogP contribution < -0.4 is 25.4 Å². The molecule has 3 aromatic rings. The maximum atomic E-state index is 6.03. The standard InChI is InChI=1S/C27H34N4O3/c1-32-25-9-8-24(19-26(25)34-15-5-13-28-22-6-3-2-4-7-22)31-27-18-21(10-14-29-27)20-30-23-11-16-33-17-12-23/h2-4,6-10,14,18-19,23,28,30H,5,11-13,15-17,20H2,1H3,(H,29,31). The lowest BCUT2D eigenvalue weighted by molar-refractivity contribution is 0.0776. The van der Waals surface area contributed by atoms with E-state index in [-0.39, 0.29) is 0 Å². The van der Waals surface area contributed by atoms with Gasteiger partial charge in [0.05, 0.1) is 13.7 Å². The molecule has 2 heterocycles. The first-order valence-electron chi connectivity index (χ1n) is 11.9. The topological polar surface area (TPSA) is 76.7 Å². The van der Waals surface area contributed by atoms with Crippen molar-refractivity contribution < 1.29 is 14.2 Å². The first-order chi connectivity index (χ1) is 16.8. The molecule has 0 aliphatic carbocycles. The third kappa shape index (κ3) is 7.37. The molecule has 3 N–H and O–H groups in total. The molecule has 7 nitrogen and oxygen atoms in total. The van der Waals surface area contributed by atoms with Gasteiger partial charge >= 0.3 is 0 Å². The Kier molecular flexibility index (Phi) is 8.99. The Hall–Kier alpha value is -3.29. The van der Waals surface area contributed by atoms with Crippen molar-refractivity contribution in [2.75, 3.05) is 44.1 Å². The minimum Gasteiger partial charge on any atom is -0.493 e. The highest BCUT2D eigenvalue weighted by atomic mass is 16.5. The van der Waals surface area contributed by atoms with Crippen LogP contribution in [0, 0.1) is 0 Å². The van der Waals surface area contributed by atoms with Crippen LogP contribution in [0.4, 0.5) is 17.2 Å². The molecule has 0 radical (unpaired) electrons. The zero-order valence-electron chi connectivity index (χ0n) is 19.8. The second kappa shape index (κ2) is 12.8. The number of benzene rings is 2. The number of anilines is 3. The zero-order valence-corrected chi connectivity index (χ0v) is 19.8. The van der Waals surface area contributed by atoms with Crippen LogP contribution in [0.15, 0.2) is 66.9 Å². The van der Waals surface area contributed by atoms with Gasteiger partial charge in [-0.1, -0.05) is 18.2 Å². The molecule has 1 fully saturated rings. The monoisotopic (exact) mass is 462 g/mol. The summed E-state index contributed by atoms with van der Waals surface area (Å²) >= 11 is 0. The molecule has 180 valence electrons. The van der Waals surface area contributed by atoms with Crippen molar-refractivity contribution in [2.45, 2.75) is 31.8 Å². The Morgan fingerprint density at radius 2 is 1.82 bits per heavy atom. The maximum absolute atomic E-state index is 6.03. The predicted molar refractivity (Wildman–Crippen MR) is 136 cm³/mol. The minimum atomic E-state index is 0.516. The zero-order chi connectivity index (χ0) is 23.4. The largest absolute Gasteiger partial charge is 0.493 e. The van der Waals surface area contributed by atoms with Gasteiger partial charge in [-0.15, -0.1) is 0 Å². The molecule has 0 saturated carbocycles. The van der Waals surface area contributed by atoms with Gasteiger partial charge in [-0.25, -0.2) is 4.98 Å². The van der Waals surface area contributed by atoms with E-state index < -0.39 is 0 Å². The second-order valence-corrected chi connectivity index (χ2v) is 8.30. The number of para-hydroxylation sites is 1. The van der Waals surface area contributed by atoms with Gasteiger partial charge in [-0.2, -0.15) is 0 Å². The second-order valence-electron chi connectivity index (χ2n) is 8.30. The van der Waals surface area contributed by atoms with E-state index in [1.165, 1.54) is 5.56 Å². The normalized spacial score (nSPS) is 13.9. The molecule has 2 aromatic carbocycles. The number of ether oxygens (including phenoxy) is 3. The summed E-state index contributed by atoms with van der Waals surface area (Å²) in [5.74, 6) is 2.22. The van der Waals surface area contributed by atoms with Crippen molar-refractivity contribution in [1.82, 2.24) is 10.3 Å². The quantitative estimate of drug-likeness (QED) is 0.328. The summed E-state index contributed by atoms with van der Waals surface area (Å²) in [4.78, 5) is 4.48. The van der Waals surface area contributed by atoms with Gasteiger partial charge in [-0.3, -0.25) is 0 Å². The molecule has 0 amide bonds. The predicted octanol–water partition coefficient (Wildman–Crippen LogP) is 4.98. The van der Waals surface area contributed by atoms with Crippen LogP contribution >= 0.6 is 0 Å². The van der Waals surface area contributed by atoms with Gasteiger partial charge in [0.2, 0.25) is 0 Å². The number of hydrogen-bond acceptors (Lipinski definition) is 7. The molecule has 0 spiro atoms. The summed E-state index contributed by atoms with van der Waals surface area (Å²) in [6, 6.07) is 20.7. The molecule has 0 bridgehead atoms. The van der Waals surface area contributed by atoms with Crippen molar-refractivity contribution in [1.29, 1.82) is 0 Å². The number of pyridine rings is 1. The van der Waals surface area contributed by atoms with Crippen LogP contribution in [0.5, 0.6) is 11.5 Å². The summed E-state index contributed by atoms with van der Waals surface area (Å²) in [6.45, 7) is 3.92. The molecule has 0 unspecified atom stereocenters. The van der Waals surface area contributed by atoms with Gasteiger partial charge < -0.3 is 30.2 Å². The van der Waals surface area contributed by atoms with Gasteiger partial charge in [0.25, 0.3) is 0 Å². The fourth-order valence-corrected chi connectivity index (χ4v) is 3.87. The lowest BCUT2D eigenvalue weighted by atomic mass is 10.1. The summed E-state index contributed by atoms with van der Waals surface area (Å²) in [5, 5.41) is 10.4. The van der Waals surface area contributed by atoms with E-state index in [0.29, 0.717) is 24.1 Å². The first kappa shape index (κ1) is 23.9. The van der Waals surface area contributed by atoms with Gasteiger partial charge in [0.1, 0.15) is 5.82 Å². The van der Waals surface area contributed by atoms with E-state index in [9.17, 15) is 0 Å². The Bertz CT molecular complexity index is 1010. The van der Waals surface area contributed by atoms with E-state index in [2.05, 4.69) is 39.1 Å². The van der Waals surface area contributed by atoms with E-state index in [0.717, 1.165) is 62.8 Å². The number of aromatic nitrogens is 1. The first-order valence-corrected chi connectivity index (χ1v) is 11.9. The van der Waals surface area contributed by atoms with Gasteiger partial charge in [0.15, 0.2) is 11.5 Å². The molecular formula is C27H34N4O3. The Balaban J connectivity index is 1.29. The molecule has 1 aliphatic rings. The van der Waals surface area contributed by atoms with Crippen molar-refractivity contribution in [3.63, 3.8) is 0 Å². The Labute approximate surface area is 201 Å². The van der Waals surface area contributed by atoms with Crippen LogP contribution in [-0.2, 0) is 11.3 Å². The molecule has 1 aromatic heterocycles. The molecule has 0 atom stereocenters. The summed E-state index contributed by atoms with van der Waals surface area (Å²) in [7, 11) is 1.66. The molecule has 1 saturated heterocycles. The van der Waals surface area contributed by atoms with Crippen molar-refractivity contribution in [3.05, 3.63) is 72.4 Å². The Morgan fingerprint density at radius 1 is 0.971 bits per heavy atom. The number of nitrogens with one attached hydrogen (secondary N) is 3. The van der Waals surface area contributed by atoms with Gasteiger partial charge in [-0.05, 0) is 61.2 Å². The third-order valence-electron chi connectivity index (χ3n) is 5.76. The summed E-state index contributed by atoms with van der Waals surface area (Å²) in [5.41, 5.74) is 3.21. The van der Waals surface area contributed by atoms with E-state index in [1.54, 1.807) is 7.11 Å². The highest BCUT2D eigenvalue weighted by molar-refractivity contribution is 5.61. The van der Waals surface area contributed by atoms with Crippen LogP contribution in [0.3, 0.4) is 0 Å². The van der Waals surface area contributed by atoms with Crippen LogP contribution in [0.25, 0.3) is 0 Å². The summed E-state index contributed by atoms with van der Waals surface area (Å²) in [6.07, 6.45) is 4.84. The average Bonchev–Trinajstić information content (AvgIpc) is 2.89. The van der Waals surface area contributed by atoms with Gasteiger partial charge in [0, 0.05) is 56.0 Å². The van der Waals surface area contributed by atoms with E-state index >= 15 is 0 Å². The van der Waals surface area contributed by atoms with E-state index in [4.69, 9.17) is 14.2 Å². The fourth-order valence-electron chi connectivity index (χ4n) is 3.87. The molecule has 34 heavy (non-hydrogen) atoms. The third-order valence-corrected chi connectivity index (χ3v) is 5.76. The van der Waals surface area contributed by atoms with Crippen molar-refractivity contribution in [2.24, 2.45) is 0 Å². The van der Waals surface area contributed by atoms with Crippen molar-refractivity contribution in [3.8, 4) is 11.5 Å². The fraction of sp³-hybridized carbons (Fsp3) is 0.370. The number of hydrogen-bond donors (Lipinski definition) is 3. The van der Waals surface area contributed by atoms with Crippen LogP contribution in [0.2, 0.25) is 0 Å². The van der Waals surface area contributed by atoms with E-state index in [1.807, 2.05) is 48.7 Å².